The molecule has 0 saturated heterocycles. The van der Waals surface area contributed by atoms with Gasteiger partial charge in [-0.3, -0.25) is 11.3 Å². The summed E-state index contributed by atoms with van der Waals surface area (Å²) in [6.07, 6.45) is 3.31. The topological polar surface area (TPSA) is 38.0 Å². The van der Waals surface area contributed by atoms with E-state index in [4.69, 9.17) is 5.84 Å². The van der Waals surface area contributed by atoms with Crippen LogP contribution in [0.25, 0.3) is 0 Å². The second kappa shape index (κ2) is 6.00. The summed E-state index contributed by atoms with van der Waals surface area (Å²) in [5.41, 5.74) is 3.19. The van der Waals surface area contributed by atoms with Crippen molar-refractivity contribution in [3.8, 4) is 0 Å². The normalized spacial score (nSPS) is 12.5. The van der Waals surface area contributed by atoms with Crippen LogP contribution >= 0.6 is 15.9 Å². The van der Waals surface area contributed by atoms with Crippen molar-refractivity contribution in [3.63, 3.8) is 0 Å². The van der Waals surface area contributed by atoms with Gasteiger partial charge in [0.15, 0.2) is 0 Å². The van der Waals surface area contributed by atoms with Gasteiger partial charge in [-0.25, -0.2) is 4.39 Å². The van der Waals surface area contributed by atoms with E-state index in [1.54, 1.807) is 18.2 Å². The Hall–Kier alpha value is -0.710. The number of allylic oxidation sites excluding steroid dienone is 1. The highest BCUT2D eigenvalue weighted by atomic mass is 79.9. The monoisotopic (exact) mass is 272 g/mol. The fourth-order valence-corrected chi connectivity index (χ4v) is 1.77. The second-order valence-corrected chi connectivity index (χ2v) is 4.17. The Kier molecular flexibility index (Phi) is 4.94. The van der Waals surface area contributed by atoms with E-state index in [-0.39, 0.29) is 11.9 Å². The Labute approximate surface area is 97.5 Å². The summed E-state index contributed by atoms with van der Waals surface area (Å²) in [7, 11) is 0. The molecule has 1 atom stereocenters. The number of hydrogen-bond donors (Lipinski definition) is 2. The van der Waals surface area contributed by atoms with Gasteiger partial charge in [-0.05, 0) is 31.0 Å². The molecular weight excluding hydrogens is 259 g/mol. The van der Waals surface area contributed by atoms with E-state index in [1.807, 2.05) is 0 Å². The first-order valence-electron chi connectivity index (χ1n) is 4.71. The van der Waals surface area contributed by atoms with Crippen molar-refractivity contribution < 1.29 is 4.39 Å². The van der Waals surface area contributed by atoms with E-state index in [2.05, 4.69) is 27.9 Å². The lowest BCUT2D eigenvalue weighted by Crippen LogP contribution is -2.28. The molecule has 4 heteroatoms. The zero-order valence-electron chi connectivity index (χ0n) is 8.34. The molecule has 0 bridgehead atoms. The molecule has 0 saturated carbocycles. The molecule has 1 aromatic rings. The van der Waals surface area contributed by atoms with Gasteiger partial charge >= 0.3 is 0 Å². The van der Waals surface area contributed by atoms with Crippen LogP contribution in [-0.4, -0.2) is 0 Å². The smallest absolute Gasteiger partial charge is 0.128 e. The highest BCUT2D eigenvalue weighted by molar-refractivity contribution is 9.10. The van der Waals surface area contributed by atoms with Crippen LogP contribution in [-0.2, 0) is 0 Å². The number of rotatable bonds is 5. The van der Waals surface area contributed by atoms with Crippen molar-refractivity contribution in [2.24, 2.45) is 5.84 Å². The van der Waals surface area contributed by atoms with E-state index in [1.165, 1.54) is 6.07 Å². The van der Waals surface area contributed by atoms with E-state index in [9.17, 15) is 4.39 Å². The van der Waals surface area contributed by atoms with E-state index in [0.717, 1.165) is 17.3 Å². The number of benzene rings is 1. The molecule has 0 aliphatic rings. The summed E-state index contributed by atoms with van der Waals surface area (Å²) < 4.78 is 14.3. The lowest BCUT2D eigenvalue weighted by molar-refractivity contribution is 0.488. The number of hydrazine groups is 1. The third-order valence-electron chi connectivity index (χ3n) is 2.19. The molecule has 3 N–H and O–H groups in total. The number of nitrogens with two attached hydrogens (primary N) is 1. The molecule has 1 unspecified atom stereocenters. The first-order chi connectivity index (χ1) is 7.19. The summed E-state index contributed by atoms with van der Waals surface area (Å²) in [6.45, 7) is 3.63. The average Bonchev–Trinajstić information content (AvgIpc) is 2.24. The van der Waals surface area contributed by atoms with Gasteiger partial charge in [0.2, 0.25) is 0 Å². The maximum atomic E-state index is 13.5. The van der Waals surface area contributed by atoms with Gasteiger partial charge in [0.1, 0.15) is 5.82 Å². The van der Waals surface area contributed by atoms with Crippen LogP contribution < -0.4 is 11.3 Å². The molecule has 0 aromatic heterocycles. The Morgan fingerprint density at radius 2 is 2.33 bits per heavy atom. The Bertz CT molecular complexity index is 341. The van der Waals surface area contributed by atoms with E-state index >= 15 is 0 Å². The molecule has 1 aromatic carbocycles. The van der Waals surface area contributed by atoms with Gasteiger partial charge in [0.05, 0.1) is 0 Å². The number of hydrogen-bond acceptors (Lipinski definition) is 2. The molecule has 0 spiro atoms. The minimum atomic E-state index is -0.245. The maximum absolute atomic E-state index is 13.5. The van der Waals surface area contributed by atoms with Crippen molar-refractivity contribution in [1.82, 2.24) is 5.43 Å². The molecule has 0 heterocycles. The zero-order valence-corrected chi connectivity index (χ0v) is 9.93. The van der Waals surface area contributed by atoms with Crippen LogP contribution in [0.3, 0.4) is 0 Å². The molecule has 2 nitrogen and oxygen atoms in total. The molecule has 0 aliphatic carbocycles. The van der Waals surface area contributed by atoms with Crippen LogP contribution in [0.15, 0.2) is 35.3 Å². The SMILES string of the molecule is C=CCCC(NN)c1cc(Br)ccc1F. The highest BCUT2D eigenvalue weighted by Crippen LogP contribution is 2.24. The number of nitrogens with one attached hydrogen (secondary N) is 1. The lowest BCUT2D eigenvalue weighted by atomic mass is 10.0. The van der Waals surface area contributed by atoms with Crippen molar-refractivity contribution in [3.05, 3.63) is 46.7 Å². The largest absolute Gasteiger partial charge is 0.271 e. The van der Waals surface area contributed by atoms with Crippen LogP contribution in [0.1, 0.15) is 24.4 Å². The highest BCUT2D eigenvalue weighted by Gasteiger charge is 2.13. The van der Waals surface area contributed by atoms with Crippen molar-refractivity contribution in [2.75, 3.05) is 0 Å². The Balaban J connectivity index is 2.89. The maximum Gasteiger partial charge on any atom is 0.128 e. The van der Waals surface area contributed by atoms with Crippen molar-refractivity contribution >= 4 is 15.9 Å². The molecule has 1 rings (SSSR count). The fraction of sp³-hybridized carbons (Fsp3) is 0.273. The summed E-state index contributed by atoms with van der Waals surface area (Å²) in [5.74, 6) is 5.15. The van der Waals surface area contributed by atoms with Gasteiger partial charge in [-0.1, -0.05) is 22.0 Å². The quantitative estimate of drug-likeness (QED) is 0.491. The zero-order chi connectivity index (χ0) is 11.3. The van der Waals surface area contributed by atoms with Gasteiger partial charge in [0.25, 0.3) is 0 Å². The molecule has 0 radical (unpaired) electrons. The van der Waals surface area contributed by atoms with Crippen LogP contribution in [0.2, 0.25) is 0 Å². The summed E-state index contributed by atoms with van der Waals surface area (Å²) in [4.78, 5) is 0. The summed E-state index contributed by atoms with van der Waals surface area (Å²) in [5, 5.41) is 0. The molecule has 0 fully saturated rings. The average molecular weight is 273 g/mol. The first-order valence-corrected chi connectivity index (χ1v) is 5.50. The van der Waals surface area contributed by atoms with Crippen molar-refractivity contribution in [1.29, 1.82) is 0 Å². The van der Waals surface area contributed by atoms with Crippen molar-refractivity contribution in [2.45, 2.75) is 18.9 Å². The summed E-state index contributed by atoms with van der Waals surface area (Å²) in [6, 6.07) is 4.65. The van der Waals surface area contributed by atoms with E-state index in [0.29, 0.717) is 5.56 Å². The molecule has 0 amide bonds. The van der Waals surface area contributed by atoms with Crippen LogP contribution in [0, 0.1) is 5.82 Å². The predicted molar refractivity (Wildman–Crippen MR) is 63.6 cm³/mol. The van der Waals surface area contributed by atoms with Gasteiger partial charge in [-0.15, -0.1) is 6.58 Å². The van der Waals surface area contributed by atoms with Gasteiger partial charge in [0, 0.05) is 16.1 Å². The lowest BCUT2D eigenvalue weighted by Gasteiger charge is -2.16. The molecule has 15 heavy (non-hydrogen) atoms. The van der Waals surface area contributed by atoms with Crippen LogP contribution in [0.4, 0.5) is 4.39 Å². The third-order valence-corrected chi connectivity index (χ3v) is 2.69. The minimum Gasteiger partial charge on any atom is -0.271 e. The second-order valence-electron chi connectivity index (χ2n) is 3.25. The number of halogens is 2. The van der Waals surface area contributed by atoms with E-state index < -0.39 is 0 Å². The first kappa shape index (κ1) is 12.4. The van der Waals surface area contributed by atoms with Crippen LogP contribution in [0.5, 0.6) is 0 Å². The Morgan fingerprint density at radius 1 is 1.60 bits per heavy atom. The predicted octanol–water partition coefficient (Wildman–Crippen LogP) is 3.06. The summed E-state index contributed by atoms with van der Waals surface area (Å²) >= 11 is 3.31. The Morgan fingerprint density at radius 3 is 2.93 bits per heavy atom. The van der Waals surface area contributed by atoms with Gasteiger partial charge < -0.3 is 0 Å². The van der Waals surface area contributed by atoms with Gasteiger partial charge in [-0.2, -0.15) is 0 Å². The third kappa shape index (κ3) is 3.41. The molecule has 82 valence electrons. The minimum absolute atomic E-state index is 0.180. The standard InChI is InChI=1S/C11H14BrFN2/c1-2-3-4-11(15-14)9-7-8(12)5-6-10(9)13/h2,5-7,11,15H,1,3-4,14H2. The fourth-order valence-electron chi connectivity index (χ4n) is 1.39. The molecule has 0 aliphatic heterocycles. The molecular formula is C11H14BrFN2.